The topological polar surface area (TPSA) is 49.8 Å². The van der Waals surface area contributed by atoms with Crippen LogP contribution in [0.5, 0.6) is 0 Å². The predicted octanol–water partition coefficient (Wildman–Crippen LogP) is 4.28. The van der Waals surface area contributed by atoms with Gasteiger partial charge in [-0.1, -0.05) is 41.9 Å². The second-order valence-corrected chi connectivity index (χ2v) is 7.36. The van der Waals surface area contributed by atoms with Crippen molar-refractivity contribution in [3.05, 3.63) is 22.7 Å². The van der Waals surface area contributed by atoms with E-state index >= 15 is 0 Å². The fourth-order valence-electron chi connectivity index (χ4n) is 2.17. The van der Waals surface area contributed by atoms with E-state index < -0.39 is 5.97 Å². The maximum Gasteiger partial charge on any atom is 0.327 e. The highest BCUT2D eigenvalue weighted by atomic mass is 79.9. The van der Waals surface area contributed by atoms with Crippen molar-refractivity contribution >= 4 is 21.9 Å². The SMILES string of the molecule is C/C(Br)=C/CCC1(C)OC1CC(C)(C)/C=C/C(=O)O. The van der Waals surface area contributed by atoms with Gasteiger partial charge in [-0.25, -0.2) is 4.79 Å². The molecule has 4 heteroatoms. The molecule has 0 radical (unpaired) electrons. The smallest absolute Gasteiger partial charge is 0.327 e. The van der Waals surface area contributed by atoms with E-state index in [9.17, 15) is 4.79 Å². The van der Waals surface area contributed by atoms with Crippen LogP contribution in [0.4, 0.5) is 0 Å². The van der Waals surface area contributed by atoms with Crippen molar-refractivity contribution in [3.8, 4) is 0 Å². The number of rotatable bonds is 7. The minimum absolute atomic E-state index is 0.0483. The average molecular weight is 331 g/mol. The average Bonchev–Trinajstić information content (AvgIpc) is 2.85. The molecule has 1 heterocycles. The summed E-state index contributed by atoms with van der Waals surface area (Å²) in [6.07, 6.45) is 8.19. The third kappa shape index (κ3) is 5.91. The van der Waals surface area contributed by atoms with Crippen LogP contribution in [0.2, 0.25) is 0 Å². The summed E-state index contributed by atoms with van der Waals surface area (Å²) in [7, 11) is 0. The molecular formula is C15H23BrO3. The molecule has 108 valence electrons. The van der Waals surface area contributed by atoms with Gasteiger partial charge in [-0.2, -0.15) is 0 Å². The van der Waals surface area contributed by atoms with Crippen molar-refractivity contribution in [2.45, 2.75) is 58.7 Å². The zero-order valence-electron chi connectivity index (χ0n) is 12.1. The standard InChI is InChI=1S/C15H23BrO3/c1-11(16)6-5-8-15(4)12(19-15)10-14(2,3)9-7-13(17)18/h6-7,9,12H,5,8,10H2,1-4H3,(H,17,18)/b9-7+,11-6-. The Labute approximate surface area is 123 Å². The predicted molar refractivity (Wildman–Crippen MR) is 80.4 cm³/mol. The van der Waals surface area contributed by atoms with Gasteiger partial charge in [-0.05, 0) is 43.0 Å². The fourth-order valence-corrected chi connectivity index (χ4v) is 2.40. The number of halogens is 1. The lowest BCUT2D eigenvalue weighted by Crippen LogP contribution is -2.17. The number of ether oxygens (including phenoxy) is 1. The van der Waals surface area contributed by atoms with Gasteiger partial charge in [0.15, 0.2) is 0 Å². The van der Waals surface area contributed by atoms with Gasteiger partial charge in [0, 0.05) is 6.08 Å². The number of aliphatic carboxylic acids is 1. The van der Waals surface area contributed by atoms with Crippen molar-refractivity contribution in [1.29, 1.82) is 0 Å². The number of carboxylic acid groups (broad SMARTS) is 1. The van der Waals surface area contributed by atoms with Crippen LogP contribution < -0.4 is 0 Å². The summed E-state index contributed by atoms with van der Waals surface area (Å²) in [4.78, 5) is 10.6. The molecular weight excluding hydrogens is 308 g/mol. The Morgan fingerprint density at radius 2 is 2.16 bits per heavy atom. The maximum atomic E-state index is 10.6. The first-order valence-electron chi connectivity index (χ1n) is 6.57. The largest absolute Gasteiger partial charge is 0.478 e. The van der Waals surface area contributed by atoms with Crippen LogP contribution in [0.15, 0.2) is 22.7 Å². The molecule has 1 saturated heterocycles. The molecule has 0 saturated carbocycles. The highest BCUT2D eigenvalue weighted by Gasteiger charge is 2.52. The number of allylic oxidation sites excluding steroid dienone is 3. The molecule has 2 unspecified atom stereocenters. The van der Waals surface area contributed by atoms with Gasteiger partial charge in [-0.15, -0.1) is 0 Å². The summed E-state index contributed by atoms with van der Waals surface area (Å²) in [5.74, 6) is -0.898. The second-order valence-electron chi connectivity index (χ2n) is 6.11. The van der Waals surface area contributed by atoms with Gasteiger partial charge in [0.05, 0.1) is 11.7 Å². The number of epoxide rings is 1. The molecule has 0 bridgehead atoms. The van der Waals surface area contributed by atoms with Crippen molar-refractivity contribution in [3.63, 3.8) is 0 Å². The highest BCUT2D eigenvalue weighted by molar-refractivity contribution is 9.11. The normalized spacial score (nSPS) is 27.8. The summed E-state index contributed by atoms with van der Waals surface area (Å²) in [5, 5.41) is 8.67. The Balaban J connectivity index is 2.44. The van der Waals surface area contributed by atoms with Crippen LogP contribution >= 0.6 is 15.9 Å². The van der Waals surface area contributed by atoms with Gasteiger partial charge in [-0.3, -0.25) is 0 Å². The van der Waals surface area contributed by atoms with Crippen LogP contribution in [0.25, 0.3) is 0 Å². The lowest BCUT2D eigenvalue weighted by Gasteiger charge is -2.19. The minimum atomic E-state index is -0.898. The van der Waals surface area contributed by atoms with E-state index in [0.717, 1.165) is 23.7 Å². The molecule has 0 amide bonds. The van der Waals surface area contributed by atoms with Gasteiger partial charge >= 0.3 is 5.97 Å². The molecule has 0 aromatic rings. The van der Waals surface area contributed by atoms with Gasteiger partial charge in [0.1, 0.15) is 0 Å². The molecule has 3 nitrogen and oxygen atoms in total. The minimum Gasteiger partial charge on any atom is -0.478 e. The first kappa shape index (κ1) is 16.4. The lowest BCUT2D eigenvalue weighted by atomic mass is 9.84. The summed E-state index contributed by atoms with van der Waals surface area (Å²) >= 11 is 3.42. The van der Waals surface area contributed by atoms with Crippen LogP contribution in [0.3, 0.4) is 0 Å². The molecule has 19 heavy (non-hydrogen) atoms. The summed E-state index contributed by atoms with van der Waals surface area (Å²) in [5.41, 5.74) is -0.199. The Hall–Kier alpha value is -0.610. The third-order valence-corrected chi connectivity index (χ3v) is 3.81. The van der Waals surface area contributed by atoms with Crippen LogP contribution in [-0.2, 0) is 9.53 Å². The first-order chi connectivity index (χ1) is 8.65. The van der Waals surface area contributed by atoms with E-state index in [2.05, 4.69) is 28.9 Å². The van der Waals surface area contributed by atoms with E-state index in [0.29, 0.717) is 0 Å². The molecule has 0 aromatic heterocycles. The molecule has 0 spiro atoms. The van der Waals surface area contributed by atoms with Crippen molar-refractivity contribution < 1.29 is 14.6 Å². The highest BCUT2D eigenvalue weighted by Crippen LogP contribution is 2.46. The zero-order valence-corrected chi connectivity index (χ0v) is 13.7. The Morgan fingerprint density at radius 1 is 1.53 bits per heavy atom. The van der Waals surface area contributed by atoms with Crippen molar-refractivity contribution in [1.82, 2.24) is 0 Å². The molecule has 0 aromatic carbocycles. The van der Waals surface area contributed by atoms with E-state index in [-0.39, 0.29) is 17.1 Å². The molecule has 2 atom stereocenters. The second kappa shape index (κ2) is 6.23. The van der Waals surface area contributed by atoms with Crippen molar-refractivity contribution in [2.75, 3.05) is 0 Å². The van der Waals surface area contributed by atoms with Gasteiger partial charge in [0.25, 0.3) is 0 Å². The molecule has 0 aliphatic carbocycles. The summed E-state index contributed by atoms with van der Waals surface area (Å²) in [6, 6.07) is 0. The van der Waals surface area contributed by atoms with E-state index in [4.69, 9.17) is 9.84 Å². The van der Waals surface area contributed by atoms with Gasteiger partial charge < -0.3 is 9.84 Å². The monoisotopic (exact) mass is 330 g/mol. The Kier molecular flexibility index (Phi) is 5.39. The van der Waals surface area contributed by atoms with E-state index in [1.807, 2.05) is 20.8 Å². The zero-order chi connectivity index (χ0) is 14.7. The molecule has 1 aliphatic heterocycles. The summed E-state index contributed by atoms with van der Waals surface area (Å²) in [6.45, 7) is 8.23. The Bertz CT molecular complexity index is 394. The molecule has 1 rings (SSSR count). The first-order valence-corrected chi connectivity index (χ1v) is 7.36. The van der Waals surface area contributed by atoms with Crippen LogP contribution in [0.1, 0.15) is 47.0 Å². The third-order valence-electron chi connectivity index (χ3n) is 3.49. The number of hydrogen-bond acceptors (Lipinski definition) is 2. The molecule has 1 fully saturated rings. The van der Waals surface area contributed by atoms with E-state index in [1.54, 1.807) is 6.08 Å². The summed E-state index contributed by atoms with van der Waals surface area (Å²) < 4.78 is 6.95. The Morgan fingerprint density at radius 3 is 2.68 bits per heavy atom. The van der Waals surface area contributed by atoms with Crippen LogP contribution in [-0.4, -0.2) is 22.8 Å². The maximum absolute atomic E-state index is 10.6. The quantitative estimate of drug-likeness (QED) is 0.559. The van der Waals surface area contributed by atoms with Crippen LogP contribution in [0, 0.1) is 5.41 Å². The number of carbonyl (C=O) groups is 1. The lowest BCUT2D eigenvalue weighted by molar-refractivity contribution is -0.131. The van der Waals surface area contributed by atoms with Crippen molar-refractivity contribution in [2.24, 2.45) is 5.41 Å². The number of hydrogen-bond donors (Lipinski definition) is 1. The fraction of sp³-hybridized carbons (Fsp3) is 0.667. The number of carboxylic acids is 1. The molecule has 1 N–H and O–H groups in total. The molecule has 1 aliphatic rings. The van der Waals surface area contributed by atoms with Gasteiger partial charge in [0.2, 0.25) is 0 Å². The van der Waals surface area contributed by atoms with E-state index in [1.165, 1.54) is 6.08 Å².